The number of aromatic nitrogens is 2. The fourth-order valence-corrected chi connectivity index (χ4v) is 3.30. The van der Waals surface area contributed by atoms with Crippen molar-refractivity contribution in [2.24, 2.45) is 0 Å². The summed E-state index contributed by atoms with van der Waals surface area (Å²) in [5.74, 6) is -0.129. The van der Waals surface area contributed by atoms with Crippen LogP contribution in [0.5, 0.6) is 0 Å². The molecule has 0 fully saturated rings. The highest BCUT2D eigenvalue weighted by Gasteiger charge is 2.11. The van der Waals surface area contributed by atoms with Crippen LogP contribution in [0.2, 0.25) is 5.02 Å². The second-order valence-corrected chi connectivity index (χ2v) is 7.29. The number of nitrogens with zero attached hydrogens (tertiary/aromatic N) is 2. The lowest BCUT2D eigenvalue weighted by atomic mass is 10.1. The van der Waals surface area contributed by atoms with Gasteiger partial charge in [0.15, 0.2) is 0 Å². The topological polar surface area (TPSA) is 46.9 Å². The fraction of sp³-hybridized carbons (Fsp3) is 0.200. The number of rotatable bonds is 6. The van der Waals surface area contributed by atoms with Gasteiger partial charge in [-0.15, -0.1) is 0 Å². The van der Waals surface area contributed by atoms with E-state index in [2.05, 4.69) is 32.5 Å². The van der Waals surface area contributed by atoms with Crippen LogP contribution in [0.3, 0.4) is 0 Å². The summed E-state index contributed by atoms with van der Waals surface area (Å²) < 4.78 is 2.63. The maximum Gasteiger partial charge on any atom is 0.252 e. The zero-order valence-corrected chi connectivity index (χ0v) is 16.7. The number of halogens is 2. The summed E-state index contributed by atoms with van der Waals surface area (Å²) in [5.41, 5.74) is 3.79. The summed E-state index contributed by atoms with van der Waals surface area (Å²) in [6.45, 7) is 2.60. The standard InChI is InChI=1S/C20H19BrClN3O/c1-14-15(13-25(24-14)17-7-3-2-4-8-17)6-5-11-23-20(26)18-12-16(22)9-10-19(18)21/h2-4,7-10,12-13H,5-6,11H2,1H3,(H,23,26). The molecule has 0 aliphatic rings. The minimum absolute atomic E-state index is 0.129. The van der Waals surface area contributed by atoms with Gasteiger partial charge in [0.05, 0.1) is 16.9 Å². The largest absolute Gasteiger partial charge is 0.352 e. The molecule has 2 aromatic carbocycles. The van der Waals surface area contributed by atoms with E-state index in [1.807, 2.05) is 41.9 Å². The molecule has 3 aromatic rings. The van der Waals surface area contributed by atoms with Crippen molar-refractivity contribution < 1.29 is 4.79 Å². The molecule has 0 atom stereocenters. The van der Waals surface area contributed by atoms with Gasteiger partial charge in [0.2, 0.25) is 0 Å². The molecule has 1 heterocycles. The molecule has 26 heavy (non-hydrogen) atoms. The van der Waals surface area contributed by atoms with Crippen molar-refractivity contribution in [2.75, 3.05) is 6.54 Å². The van der Waals surface area contributed by atoms with E-state index in [-0.39, 0.29) is 5.91 Å². The molecular formula is C20H19BrClN3O. The van der Waals surface area contributed by atoms with Crippen molar-refractivity contribution in [1.29, 1.82) is 0 Å². The number of carbonyl (C=O) groups excluding carboxylic acids is 1. The Morgan fingerprint density at radius 3 is 2.77 bits per heavy atom. The lowest BCUT2D eigenvalue weighted by Crippen LogP contribution is -2.25. The molecule has 0 aliphatic carbocycles. The number of amides is 1. The van der Waals surface area contributed by atoms with Crippen molar-refractivity contribution >= 4 is 33.4 Å². The van der Waals surface area contributed by atoms with E-state index in [0.717, 1.165) is 28.7 Å². The van der Waals surface area contributed by atoms with Crippen molar-refractivity contribution in [2.45, 2.75) is 19.8 Å². The molecule has 0 saturated heterocycles. The van der Waals surface area contributed by atoms with Gasteiger partial charge in [0.1, 0.15) is 0 Å². The van der Waals surface area contributed by atoms with Gasteiger partial charge in [-0.3, -0.25) is 4.79 Å². The summed E-state index contributed by atoms with van der Waals surface area (Å²) in [6, 6.07) is 15.2. The van der Waals surface area contributed by atoms with Crippen LogP contribution < -0.4 is 5.32 Å². The molecule has 0 spiro atoms. The fourth-order valence-electron chi connectivity index (χ4n) is 2.70. The zero-order chi connectivity index (χ0) is 18.5. The van der Waals surface area contributed by atoms with Gasteiger partial charge >= 0.3 is 0 Å². The van der Waals surface area contributed by atoms with E-state index in [1.165, 1.54) is 5.56 Å². The Hall–Kier alpha value is -2.11. The highest BCUT2D eigenvalue weighted by molar-refractivity contribution is 9.10. The van der Waals surface area contributed by atoms with Gasteiger partial charge in [0, 0.05) is 22.2 Å². The van der Waals surface area contributed by atoms with E-state index < -0.39 is 0 Å². The summed E-state index contributed by atoms with van der Waals surface area (Å²) in [7, 11) is 0. The molecule has 0 saturated carbocycles. The first kappa shape index (κ1) is 18.7. The first-order chi connectivity index (χ1) is 12.5. The average molecular weight is 433 g/mol. The van der Waals surface area contributed by atoms with Crippen molar-refractivity contribution in [3.05, 3.63) is 81.0 Å². The maximum atomic E-state index is 12.3. The molecule has 134 valence electrons. The molecule has 0 aliphatic heterocycles. The molecule has 1 amide bonds. The first-order valence-electron chi connectivity index (χ1n) is 8.38. The smallest absolute Gasteiger partial charge is 0.252 e. The number of benzene rings is 2. The Kier molecular flexibility index (Phi) is 6.12. The van der Waals surface area contributed by atoms with Crippen LogP contribution in [-0.4, -0.2) is 22.2 Å². The van der Waals surface area contributed by atoms with Crippen LogP contribution in [0.15, 0.2) is 59.2 Å². The molecule has 3 rings (SSSR count). The quantitative estimate of drug-likeness (QED) is 0.560. The van der Waals surface area contributed by atoms with Gasteiger partial charge in [-0.1, -0.05) is 29.8 Å². The molecule has 1 N–H and O–H groups in total. The third kappa shape index (κ3) is 4.54. The SMILES string of the molecule is Cc1nn(-c2ccccc2)cc1CCCNC(=O)c1cc(Cl)ccc1Br. The Bertz CT molecular complexity index is 909. The average Bonchev–Trinajstić information content (AvgIpc) is 3.02. The van der Waals surface area contributed by atoms with Crippen LogP contribution >= 0.6 is 27.5 Å². The van der Waals surface area contributed by atoms with Gasteiger partial charge < -0.3 is 5.32 Å². The van der Waals surface area contributed by atoms with Crippen molar-refractivity contribution in [3.63, 3.8) is 0 Å². The normalized spacial score (nSPS) is 10.7. The minimum atomic E-state index is -0.129. The van der Waals surface area contributed by atoms with E-state index in [0.29, 0.717) is 17.1 Å². The lowest BCUT2D eigenvalue weighted by molar-refractivity contribution is 0.0952. The van der Waals surface area contributed by atoms with Crippen LogP contribution in [-0.2, 0) is 6.42 Å². The summed E-state index contributed by atoms with van der Waals surface area (Å²) in [6.07, 6.45) is 3.75. The predicted molar refractivity (Wildman–Crippen MR) is 108 cm³/mol. The van der Waals surface area contributed by atoms with Gasteiger partial charge in [0.25, 0.3) is 5.91 Å². The lowest BCUT2D eigenvalue weighted by Gasteiger charge is -2.07. The van der Waals surface area contributed by atoms with Crippen molar-refractivity contribution in [3.8, 4) is 5.69 Å². The molecule has 0 radical (unpaired) electrons. The van der Waals surface area contributed by atoms with E-state index in [4.69, 9.17) is 11.6 Å². The number of carbonyl (C=O) groups is 1. The Labute approximate surface area is 166 Å². The molecular weight excluding hydrogens is 414 g/mol. The molecule has 6 heteroatoms. The summed E-state index contributed by atoms with van der Waals surface area (Å²) >= 11 is 9.34. The molecule has 4 nitrogen and oxygen atoms in total. The first-order valence-corrected chi connectivity index (χ1v) is 9.55. The second kappa shape index (κ2) is 8.52. The number of aryl methyl sites for hydroxylation is 2. The van der Waals surface area contributed by atoms with E-state index in [1.54, 1.807) is 18.2 Å². The van der Waals surface area contributed by atoms with Crippen LogP contribution in [0.1, 0.15) is 28.0 Å². The van der Waals surface area contributed by atoms with Crippen LogP contribution in [0.25, 0.3) is 5.69 Å². The Morgan fingerprint density at radius 1 is 1.23 bits per heavy atom. The maximum absolute atomic E-state index is 12.3. The third-order valence-electron chi connectivity index (χ3n) is 4.10. The Morgan fingerprint density at radius 2 is 2.00 bits per heavy atom. The number of nitrogens with one attached hydrogen (secondary N) is 1. The molecule has 0 unspecified atom stereocenters. The third-order valence-corrected chi connectivity index (χ3v) is 5.03. The van der Waals surface area contributed by atoms with Crippen LogP contribution in [0, 0.1) is 6.92 Å². The number of hydrogen-bond acceptors (Lipinski definition) is 2. The monoisotopic (exact) mass is 431 g/mol. The number of hydrogen-bond donors (Lipinski definition) is 1. The summed E-state index contributed by atoms with van der Waals surface area (Å²) in [5, 5.41) is 8.06. The number of para-hydroxylation sites is 1. The summed E-state index contributed by atoms with van der Waals surface area (Å²) in [4.78, 5) is 12.3. The zero-order valence-electron chi connectivity index (χ0n) is 14.4. The predicted octanol–water partition coefficient (Wildman–Crippen LogP) is 4.96. The van der Waals surface area contributed by atoms with Gasteiger partial charge in [-0.25, -0.2) is 4.68 Å². The van der Waals surface area contributed by atoms with Gasteiger partial charge in [-0.05, 0) is 71.6 Å². The second-order valence-electron chi connectivity index (χ2n) is 6.00. The van der Waals surface area contributed by atoms with E-state index in [9.17, 15) is 4.79 Å². The highest BCUT2D eigenvalue weighted by Crippen LogP contribution is 2.21. The van der Waals surface area contributed by atoms with E-state index >= 15 is 0 Å². The van der Waals surface area contributed by atoms with Crippen LogP contribution in [0.4, 0.5) is 0 Å². The van der Waals surface area contributed by atoms with Crippen molar-refractivity contribution in [1.82, 2.24) is 15.1 Å². The minimum Gasteiger partial charge on any atom is -0.352 e. The highest BCUT2D eigenvalue weighted by atomic mass is 79.9. The van der Waals surface area contributed by atoms with Gasteiger partial charge in [-0.2, -0.15) is 5.10 Å². The molecule has 0 bridgehead atoms. The Balaban J connectivity index is 1.55. The molecule has 1 aromatic heterocycles.